The zero-order valence-corrected chi connectivity index (χ0v) is 9.46. The Morgan fingerprint density at radius 3 is 1.44 bits per heavy atom. The minimum absolute atomic E-state index is 1.11. The standard InChI is InChI=1S/C3H7Br.C3H11NSi/c1-2-3-4;1-5(2,3)4/h2-3H2,1H3;4H2,1-3H3. The molecule has 0 saturated carbocycles. The highest BCUT2D eigenvalue weighted by Gasteiger charge is 2.00. The van der Waals surface area contributed by atoms with Crippen LogP contribution in [0.3, 0.4) is 0 Å². The van der Waals surface area contributed by atoms with Crippen molar-refractivity contribution in [1.29, 1.82) is 0 Å². The molecular formula is C6H18BrNSi. The van der Waals surface area contributed by atoms with Crippen LogP contribution in [0.1, 0.15) is 13.3 Å². The van der Waals surface area contributed by atoms with Crippen molar-refractivity contribution < 1.29 is 0 Å². The topological polar surface area (TPSA) is 26.0 Å². The summed E-state index contributed by atoms with van der Waals surface area (Å²) >= 11 is 3.25. The largest absolute Gasteiger partial charge is 0.351 e. The van der Waals surface area contributed by atoms with Crippen LogP contribution in [-0.4, -0.2) is 13.6 Å². The maximum absolute atomic E-state index is 5.49. The van der Waals surface area contributed by atoms with Crippen LogP contribution in [0.25, 0.3) is 0 Å². The third kappa shape index (κ3) is 140. The van der Waals surface area contributed by atoms with Gasteiger partial charge in [-0.25, -0.2) is 0 Å². The Morgan fingerprint density at radius 2 is 1.44 bits per heavy atom. The van der Waals surface area contributed by atoms with E-state index in [0.717, 1.165) is 5.33 Å². The first-order valence-corrected chi connectivity index (χ1v) is 7.96. The number of nitrogens with two attached hydrogens (primary N) is 1. The number of hydrogen-bond donors (Lipinski definition) is 1. The van der Waals surface area contributed by atoms with Gasteiger partial charge in [-0.15, -0.1) is 0 Å². The summed E-state index contributed by atoms with van der Waals surface area (Å²) in [4.78, 5) is 0. The molecule has 1 nitrogen and oxygen atoms in total. The molecule has 0 rings (SSSR count). The van der Waals surface area contributed by atoms with Gasteiger partial charge in [0.2, 0.25) is 0 Å². The molecule has 0 fully saturated rings. The molecule has 0 aliphatic carbocycles. The van der Waals surface area contributed by atoms with Gasteiger partial charge in [0.25, 0.3) is 0 Å². The molecule has 0 aromatic rings. The Morgan fingerprint density at radius 1 is 1.33 bits per heavy atom. The first-order chi connectivity index (χ1) is 3.91. The summed E-state index contributed by atoms with van der Waals surface area (Å²) < 4.78 is 0. The summed E-state index contributed by atoms with van der Waals surface area (Å²) in [6.07, 6.45) is 1.24. The summed E-state index contributed by atoms with van der Waals surface area (Å²) in [5.74, 6) is 0. The molecule has 0 saturated heterocycles. The molecule has 9 heavy (non-hydrogen) atoms. The maximum Gasteiger partial charge on any atom is 0.113 e. The Balaban J connectivity index is 0. The van der Waals surface area contributed by atoms with Gasteiger partial charge in [-0.2, -0.15) is 0 Å². The molecule has 0 amide bonds. The van der Waals surface area contributed by atoms with Crippen LogP contribution in [0.5, 0.6) is 0 Å². The Kier molecular flexibility index (Phi) is 9.29. The first-order valence-electron chi connectivity index (χ1n) is 3.26. The van der Waals surface area contributed by atoms with E-state index in [1.54, 1.807) is 0 Å². The van der Waals surface area contributed by atoms with Crippen molar-refractivity contribution in [1.82, 2.24) is 0 Å². The van der Waals surface area contributed by atoms with E-state index >= 15 is 0 Å². The lowest BCUT2D eigenvalue weighted by Crippen LogP contribution is -2.32. The second-order valence-electron chi connectivity index (χ2n) is 3.06. The average Bonchev–Trinajstić information content (AvgIpc) is 1.61. The smallest absolute Gasteiger partial charge is 0.113 e. The van der Waals surface area contributed by atoms with E-state index in [4.69, 9.17) is 5.40 Å². The Bertz CT molecular complexity index is 43.5. The molecule has 58 valence electrons. The predicted molar refractivity (Wildman–Crippen MR) is 51.6 cm³/mol. The minimum atomic E-state index is -1.11. The molecule has 0 aromatic heterocycles. The van der Waals surface area contributed by atoms with Gasteiger partial charge in [0.1, 0.15) is 8.24 Å². The molecule has 0 bridgehead atoms. The van der Waals surface area contributed by atoms with Crippen LogP contribution < -0.4 is 5.40 Å². The molecule has 0 aliphatic heterocycles. The van der Waals surface area contributed by atoms with Crippen molar-refractivity contribution in [3.8, 4) is 0 Å². The number of halogens is 1. The molecular weight excluding hydrogens is 194 g/mol. The van der Waals surface area contributed by atoms with Crippen molar-refractivity contribution in [3.63, 3.8) is 0 Å². The Labute approximate surface area is 68.2 Å². The monoisotopic (exact) mass is 211 g/mol. The fourth-order valence-corrected chi connectivity index (χ4v) is 0. The van der Waals surface area contributed by atoms with Gasteiger partial charge in [-0.1, -0.05) is 42.5 Å². The summed E-state index contributed by atoms with van der Waals surface area (Å²) in [6, 6.07) is 0. The van der Waals surface area contributed by atoms with Gasteiger partial charge in [0.05, 0.1) is 0 Å². The van der Waals surface area contributed by atoms with E-state index in [-0.39, 0.29) is 0 Å². The summed E-state index contributed by atoms with van der Waals surface area (Å²) in [7, 11) is -1.11. The van der Waals surface area contributed by atoms with Gasteiger partial charge in [-0.3, -0.25) is 0 Å². The van der Waals surface area contributed by atoms with Crippen LogP contribution >= 0.6 is 15.9 Å². The zero-order chi connectivity index (χ0) is 7.91. The van der Waals surface area contributed by atoms with Crippen molar-refractivity contribution >= 4 is 24.2 Å². The van der Waals surface area contributed by atoms with E-state index in [2.05, 4.69) is 42.5 Å². The van der Waals surface area contributed by atoms with Crippen LogP contribution in [0.15, 0.2) is 0 Å². The van der Waals surface area contributed by atoms with Gasteiger partial charge < -0.3 is 5.40 Å². The second kappa shape index (κ2) is 6.77. The molecule has 0 heterocycles. The highest BCUT2D eigenvalue weighted by molar-refractivity contribution is 9.09. The van der Waals surface area contributed by atoms with Crippen LogP contribution in [0, 0.1) is 0 Å². The molecule has 2 N–H and O–H groups in total. The van der Waals surface area contributed by atoms with E-state index in [1.165, 1.54) is 6.42 Å². The van der Waals surface area contributed by atoms with Crippen LogP contribution in [-0.2, 0) is 0 Å². The summed E-state index contributed by atoms with van der Waals surface area (Å²) in [5, 5.41) is 6.62. The van der Waals surface area contributed by atoms with E-state index in [0.29, 0.717) is 0 Å². The van der Waals surface area contributed by atoms with E-state index < -0.39 is 8.24 Å². The lowest BCUT2D eigenvalue weighted by atomic mass is 10.6. The first kappa shape index (κ1) is 12.3. The number of hydrogen-bond acceptors (Lipinski definition) is 1. The minimum Gasteiger partial charge on any atom is -0.351 e. The van der Waals surface area contributed by atoms with Crippen LogP contribution in [0.4, 0.5) is 0 Å². The molecule has 0 aromatic carbocycles. The second-order valence-corrected chi connectivity index (χ2v) is 8.58. The van der Waals surface area contributed by atoms with Crippen molar-refractivity contribution in [3.05, 3.63) is 0 Å². The summed E-state index contributed by atoms with van der Waals surface area (Å²) in [5.41, 5.74) is 0. The number of alkyl halides is 1. The fraction of sp³-hybridized carbons (Fsp3) is 1.00. The highest BCUT2D eigenvalue weighted by Crippen LogP contribution is 1.83. The predicted octanol–water partition coefficient (Wildman–Crippen LogP) is 2.57. The quantitative estimate of drug-likeness (QED) is 0.524. The average molecular weight is 212 g/mol. The van der Waals surface area contributed by atoms with Gasteiger partial charge >= 0.3 is 0 Å². The summed E-state index contributed by atoms with van der Waals surface area (Å²) in [6.45, 7) is 8.45. The third-order valence-corrected chi connectivity index (χ3v) is 0.982. The van der Waals surface area contributed by atoms with Crippen molar-refractivity contribution in [2.24, 2.45) is 5.40 Å². The molecule has 3 heteroatoms. The molecule has 0 radical (unpaired) electrons. The lowest BCUT2D eigenvalue weighted by Gasteiger charge is -2.02. The molecule has 0 unspecified atom stereocenters. The van der Waals surface area contributed by atoms with Crippen molar-refractivity contribution in [2.45, 2.75) is 33.0 Å². The highest BCUT2D eigenvalue weighted by atomic mass is 79.9. The maximum atomic E-state index is 5.49. The van der Waals surface area contributed by atoms with Gasteiger partial charge in [0.15, 0.2) is 0 Å². The van der Waals surface area contributed by atoms with E-state index in [9.17, 15) is 0 Å². The molecule has 0 atom stereocenters. The normalized spacial score (nSPS) is 10.0. The lowest BCUT2D eigenvalue weighted by molar-refractivity contribution is 1.12. The number of rotatable bonds is 1. The van der Waals surface area contributed by atoms with Gasteiger partial charge in [-0.05, 0) is 6.42 Å². The van der Waals surface area contributed by atoms with E-state index in [1.807, 2.05) is 0 Å². The third-order valence-electron chi connectivity index (χ3n) is 0.189. The molecule has 0 spiro atoms. The Hall–Kier alpha value is 0.657. The zero-order valence-electron chi connectivity index (χ0n) is 6.87. The molecule has 0 aliphatic rings. The SMILES string of the molecule is CCCBr.C[Si](C)(C)N. The fourth-order valence-electron chi connectivity index (χ4n) is 0. The van der Waals surface area contributed by atoms with Crippen LogP contribution in [0.2, 0.25) is 19.6 Å². The van der Waals surface area contributed by atoms with Crippen molar-refractivity contribution in [2.75, 3.05) is 5.33 Å². The van der Waals surface area contributed by atoms with Gasteiger partial charge in [0, 0.05) is 5.33 Å².